The van der Waals surface area contributed by atoms with Crippen molar-refractivity contribution >= 4 is 11.8 Å². The molecule has 0 amide bonds. The summed E-state index contributed by atoms with van der Waals surface area (Å²) in [7, 11) is 0. The second-order valence-corrected chi connectivity index (χ2v) is 5.61. The van der Waals surface area contributed by atoms with Crippen LogP contribution in [0.3, 0.4) is 0 Å². The molecule has 2 nitrogen and oxygen atoms in total. The van der Waals surface area contributed by atoms with Crippen LogP contribution in [0, 0.1) is 0 Å². The third-order valence-corrected chi connectivity index (χ3v) is 4.01. The summed E-state index contributed by atoms with van der Waals surface area (Å²) in [5, 5.41) is 3.47. The second kappa shape index (κ2) is 8.43. The topological polar surface area (TPSA) is 15.3 Å². The monoisotopic (exact) mass is 230 g/mol. The van der Waals surface area contributed by atoms with Crippen LogP contribution in [0.25, 0.3) is 0 Å². The van der Waals surface area contributed by atoms with Crippen molar-refractivity contribution in [2.24, 2.45) is 0 Å². The lowest BCUT2D eigenvalue weighted by Crippen LogP contribution is -2.39. The van der Waals surface area contributed by atoms with Gasteiger partial charge < -0.3 is 5.32 Å². The summed E-state index contributed by atoms with van der Waals surface area (Å²) >= 11 is 2.10. The van der Waals surface area contributed by atoms with Gasteiger partial charge in [0.25, 0.3) is 0 Å². The lowest BCUT2D eigenvalue weighted by atomic mass is 10.1. The van der Waals surface area contributed by atoms with Gasteiger partial charge in [-0.3, -0.25) is 4.90 Å². The van der Waals surface area contributed by atoms with Gasteiger partial charge in [-0.25, -0.2) is 0 Å². The normalized spacial score (nSPS) is 20.4. The van der Waals surface area contributed by atoms with Crippen LogP contribution in [0.5, 0.6) is 0 Å². The van der Waals surface area contributed by atoms with E-state index >= 15 is 0 Å². The molecule has 1 fully saturated rings. The van der Waals surface area contributed by atoms with Crippen LogP contribution >= 0.6 is 11.8 Å². The molecule has 90 valence electrons. The molecular formula is C12H26N2S. The molecular weight excluding hydrogens is 204 g/mol. The summed E-state index contributed by atoms with van der Waals surface area (Å²) in [4.78, 5) is 2.65. The first-order valence-electron chi connectivity index (χ1n) is 6.37. The fourth-order valence-electron chi connectivity index (χ4n) is 2.03. The van der Waals surface area contributed by atoms with Crippen molar-refractivity contribution in [1.29, 1.82) is 0 Å². The summed E-state index contributed by atoms with van der Waals surface area (Å²) < 4.78 is 0. The third-order valence-electron chi connectivity index (χ3n) is 3.07. The van der Waals surface area contributed by atoms with E-state index < -0.39 is 0 Å². The van der Waals surface area contributed by atoms with Gasteiger partial charge in [0.15, 0.2) is 0 Å². The van der Waals surface area contributed by atoms with Crippen LogP contribution in [-0.2, 0) is 0 Å². The number of hydrogen-bond donors (Lipinski definition) is 1. The first kappa shape index (κ1) is 13.3. The number of rotatable bonds is 7. The van der Waals surface area contributed by atoms with Gasteiger partial charge in [-0.2, -0.15) is 11.8 Å². The van der Waals surface area contributed by atoms with Crippen LogP contribution in [0.2, 0.25) is 0 Å². The maximum absolute atomic E-state index is 3.47. The molecule has 0 saturated carbocycles. The van der Waals surface area contributed by atoms with Crippen LogP contribution < -0.4 is 5.32 Å². The minimum absolute atomic E-state index is 0.786. The maximum atomic E-state index is 3.47. The molecule has 1 aliphatic rings. The standard InChI is InChI=1S/C12H26N2S/c1-3-6-13-7-4-5-12(2)14-8-10-15-11-9-14/h12-13H,3-11H2,1-2H3. The Labute approximate surface area is 99.2 Å². The predicted molar refractivity (Wildman–Crippen MR) is 70.8 cm³/mol. The average molecular weight is 230 g/mol. The van der Waals surface area contributed by atoms with E-state index in [4.69, 9.17) is 0 Å². The van der Waals surface area contributed by atoms with Crippen molar-refractivity contribution in [3.8, 4) is 0 Å². The first-order valence-corrected chi connectivity index (χ1v) is 7.52. The number of nitrogens with one attached hydrogen (secondary N) is 1. The van der Waals surface area contributed by atoms with E-state index in [0.29, 0.717) is 0 Å². The number of thioether (sulfide) groups is 1. The molecule has 0 aliphatic carbocycles. The molecule has 1 rings (SSSR count). The van der Waals surface area contributed by atoms with Gasteiger partial charge >= 0.3 is 0 Å². The van der Waals surface area contributed by atoms with E-state index in [9.17, 15) is 0 Å². The van der Waals surface area contributed by atoms with Crippen LogP contribution in [0.1, 0.15) is 33.1 Å². The number of hydrogen-bond acceptors (Lipinski definition) is 3. The Hall–Kier alpha value is 0.270. The first-order chi connectivity index (χ1) is 7.34. The second-order valence-electron chi connectivity index (χ2n) is 4.39. The van der Waals surface area contributed by atoms with Gasteiger partial charge in [-0.15, -0.1) is 0 Å². The van der Waals surface area contributed by atoms with Gasteiger partial charge in [-0.05, 0) is 39.3 Å². The molecule has 1 N–H and O–H groups in total. The number of nitrogens with zero attached hydrogens (tertiary/aromatic N) is 1. The van der Waals surface area contributed by atoms with Gasteiger partial charge in [0.05, 0.1) is 0 Å². The largest absolute Gasteiger partial charge is 0.317 e. The smallest absolute Gasteiger partial charge is 0.00755 e. The molecule has 0 aromatic rings. The molecule has 15 heavy (non-hydrogen) atoms. The maximum Gasteiger partial charge on any atom is 0.00755 e. The third kappa shape index (κ3) is 5.79. The molecule has 1 heterocycles. The SMILES string of the molecule is CCCNCCCC(C)N1CCSCC1. The highest BCUT2D eigenvalue weighted by molar-refractivity contribution is 7.99. The summed E-state index contributed by atoms with van der Waals surface area (Å²) in [6, 6.07) is 0.786. The summed E-state index contributed by atoms with van der Waals surface area (Å²) in [5.74, 6) is 2.66. The minimum Gasteiger partial charge on any atom is -0.317 e. The van der Waals surface area contributed by atoms with E-state index in [0.717, 1.165) is 6.04 Å². The highest BCUT2D eigenvalue weighted by atomic mass is 32.2. The van der Waals surface area contributed by atoms with Crippen molar-refractivity contribution in [3.05, 3.63) is 0 Å². The average Bonchev–Trinajstić information content (AvgIpc) is 2.30. The molecule has 0 spiro atoms. The van der Waals surface area contributed by atoms with E-state index in [1.807, 2.05) is 0 Å². The van der Waals surface area contributed by atoms with Crippen LogP contribution in [-0.4, -0.2) is 48.6 Å². The Morgan fingerprint density at radius 2 is 2.00 bits per heavy atom. The molecule has 3 heteroatoms. The van der Waals surface area contributed by atoms with Crippen molar-refractivity contribution < 1.29 is 0 Å². The van der Waals surface area contributed by atoms with Crippen molar-refractivity contribution in [2.75, 3.05) is 37.7 Å². The molecule has 1 aliphatic heterocycles. The van der Waals surface area contributed by atoms with Crippen LogP contribution in [0.4, 0.5) is 0 Å². The summed E-state index contributed by atoms with van der Waals surface area (Å²) in [6.07, 6.45) is 3.92. The van der Waals surface area contributed by atoms with Crippen molar-refractivity contribution in [2.45, 2.75) is 39.2 Å². The van der Waals surface area contributed by atoms with Crippen molar-refractivity contribution in [3.63, 3.8) is 0 Å². The zero-order chi connectivity index (χ0) is 10.9. The molecule has 0 aromatic carbocycles. The fourth-order valence-corrected chi connectivity index (χ4v) is 2.96. The molecule has 0 bridgehead atoms. The Bertz CT molecular complexity index is 147. The summed E-state index contributed by atoms with van der Waals surface area (Å²) in [5.41, 5.74) is 0. The quantitative estimate of drug-likeness (QED) is 0.675. The lowest BCUT2D eigenvalue weighted by Gasteiger charge is -2.32. The Balaban J connectivity index is 1.99. The zero-order valence-electron chi connectivity index (χ0n) is 10.3. The highest BCUT2D eigenvalue weighted by Crippen LogP contribution is 2.14. The fraction of sp³-hybridized carbons (Fsp3) is 1.00. The van der Waals surface area contributed by atoms with Gasteiger partial charge in [0.2, 0.25) is 0 Å². The Morgan fingerprint density at radius 1 is 1.27 bits per heavy atom. The van der Waals surface area contributed by atoms with Crippen molar-refractivity contribution in [1.82, 2.24) is 10.2 Å². The van der Waals surface area contributed by atoms with Gasteiger partial charge in [-0.1, -0.05) is 6.92 Å². The minimum atomic E-state index is 0.786. The van der Waals surface area contributed by atoms with Gasteiger partial charge in [0, 0.05) is 30.6 Å². The zero-order valence-corrected chi connectivity index (χ0v) is 11.1. The van der Waals surface area contributed by atoms with E-state index in [1.54, 1.807) is 0 Å². The molecule has 1 saturated heterocycles. The van der Waals surface area contributed by atoms with Crippen LogP contribution in [0.15, 0.2) is 0 Å². The highest BCUT2D eigenvalue weighted by Gasteiger charge is 2.15. The molecule has 1 unspecified atom stereocenters. The summed E-state index contributed by atoms with van der Waals surface area (Å²) in [6.45, 7) is 9.58. The van der Waals surface area contributed by atoms with Gasteiger partial charge in [0.1, 0.15) is 0 Å². The Kier molecular flexibility index (Phi) is 7.49. The van der Waals surface area contributed by atoms with E-state index in [1.165, 1.54) is 56.9 Å². The molecule has 0 aromatic heterocycles. The van der Waals surface area contributed by atoms with E-state index in [-0.39, 0.29) is 0 Å². The Morgan fingerprint density at radius 3 is 2.67 bits per heavy atom. The molecule has 1 atom stereocenters. The molecule has 0 radical (unpaired) electrons. The van der Waals surface area contributed by atoms with E-state index in [2.05, 4.69) is 35.8 Å². The predicted octanol–water partition coefficient (Wildman–Crippen LogP) is 2.20. The lowest BCUT2D eigenvalue weighted by molar-refractivity contribution is 0.217.